The standard InChI is InChI=1S/C18H36N2/c1-6-20(16-9-7-8-14(16)12-19)15-10-17(2,3)13-18(4,5)11-15/h14-16H,6-13,19H2,1-5H3. The molecule has 2 saturated carbocycles. The van der Waals surface area contributed by atoms with Gasteiger partial charge in [-0.1, -0.05) is 41.0 Å². The lowest BCUT2D eigenvalue weighted by Gasteiger charge is -2.50. The predicted molar refractivity (Wildman–Crippen MR) is 87.8 cm³/mol. The molecule has 0 heterocycles. The van der Waals surface area contributed by atoms with Crippen LogP contribution in [0.3, 0.4) is 0 Å². The monoisotopic (exact) mass is 280 g/mol. The van der Waals surface area contributed by atoms with Crippen molar-refractivity contribution in [3.8, 4) is 0 Å². The van der Waals surface area contributed by atoms with E-state index in [1.807, 2.05) is 0 Å². The highest BCUT2D eigenvalue weighted by Gasteiger charge is 2.43. The first-order valence-electron chi connectivity index (χ1n) is 8.74. The molecule has 2 heteroatoms. The van der Waals surface area contributed by atoms with E-state index >= 15 is 0 Å². The average molecular weight is 280 g/mol. The van der Waals surface area contributed by atoms with E-state index in [2.05, 4.69) is 39.5 Å². The van der Waals surface area contributed by atoms with Crippen LogP contribution in [0.4, 0.5) is 0 Å². The van der Waals surface area contributed by atoms with Gasteiger partial charge in [-0.25, -0.2) is 0 Å². The van der Waals surface area contributed by atoms with Crippen LogP contribution in [0.2, 0.25) is 0 Å². The molecule has 0 aromatic heterocycles. The molecule has 2 aliphatic carbocycles. The second kappa shape index (κ2) is 5.96. The summed E-state index contributed by atoms with van der Waals surface area (Å²) in [6, 6.07) is 1.51. The van der Waals surface area contributed by atoms with Crippen LogP contribution in [0.25, 0.3) is 0 Å². The highest BCUT2D eigenvalue weighted by atomic mass is 15.2. The first kappa shape index (κ1) is 16.3. The lowest BCUT2D eigenvalue weighted by molar-refractivity contribution is -0.000385. The molecule has 2 fully saturated rings. The molecule has 2 aliphatic rings. The van der Waals surface area contributed by atoms with Crippen molar-refractivity contribution < 1.29 is 0 Å². The van der Waals surface area contributed by atoms with E-state index in [1.54, 1.807) is 0 Å². The Morgan fingerprint density at radius 1 is 1.05 bits per heavy atom. The lowest BCUT2D eigenvalue weighted by atomic mass is 9.63. The molecule has 0 aromatic carbocycles. The maximum Gasteiger partial charge on any atom is 0.0138 e. The van der Waals surface area contributed by atoms with Crippen molar-refractivity contribution in [1.29, 1.82) is 0 Å². The third kappa shape index (κ3) is 3.57. The summed E-state index contributed by atoms with van der Waals surface area (Å²) >= 11 is 0. The van der Waals surface area contributed by atoms with E-state index in [9.17, 15) is 0 Å². The normalized spacial score (nSPS) is 33.8. The van der Waals surface area contributed by atoms with Gasteiger partial charge in [0.1, 0.15) is 0 Å². The van der Waals surface area contributed by atoms with Crippen molar-refractivity contribution in [3.63, 3.8) is 0 Å². The highest BCUT2D eigenvalue weighted by molar-refractivity contribution is 4.97. The molecule has 0 aliphatic heterocycles. The Balaban J connectivity index is 2.14. The molecule has 2 rings (SSSR count). The number of nitrogens with two attached hydrogens (primary N) is 1. The topological polar surface area (TPSA) is 29.3 Å². The van der Waals surface area contributed by atoms with Crippen molar-refractivity contribution in [2.24, 2.45) is 22.5 Å². The van der Waals surface area contributed by atoms with E-state index in [0.29, 0.717) is 10.8 Å². The Morgan fingerprint density at radius 3 is 2.15 bits per heavy atom. The Kier molecular flexibility index (Phi) is 4.86. The fraction of sp³-hybridized carbons (Fsp3) is 1.00. The molecule has 118 valence electrons. The molecular weight excluding hydrogens is 244 g/mol. The molecule has 20 heavy (non-hydrogen) atoms. The zero-order valence-electron chi connectivity index (χ0n) is 14.4. The average Bonchev–Trinajstić information content (AvgIpc) is 2.74. The summed E-state index contributed by atoms with van der Waals surface area (Å²) in [6.45, 7) is 14.3. The van der Waals surface area contributed by atoms with E-state index in [4.69, 9.17) is 5.73 Å². The maximum absolute atomic E-state index is 6.03. The van der Waals surface area contributed by atoms with Crippen molar-refractivity contribution >= 4 is 0 Å². The molecule has 0 bridgehead atoms. The summed E-state index contributed by atoms with van der Waals surface area (Å²) in [5.74, 6) is 0.739. The van der Waals surface area contributed by atoms with Gasteiger partial charge in [-0.05, 0) is 61.9 Å². The predicted octanol–water partition coefficient (Wildman–Crippen LogP) is 4.04. The number of nitrogens with zero attached hydrogens (tertiary/aromatic N) is 1. The molecule has 0 aromatic rings. The zero-order chi connectivity index (χ0) is 15.0. The van der Waals surface area contributed by atoms with Crippen LogP contribution in [-0.4, -0.2) is 30.1 Å². The molecule has 2 nitrogen and oxygen atoms in total. The summed E-state index contributed by atoms with van der Waals surface area (Å²) in [7, 11) is 0. The van der Waals surface area contributed by atoms with Crippen molar-refractivity contribution in [2.45, 2.75) is 85.2 Å². The lowest BCUT2D eigenvalue weighted by Crippen LogP contribution is -2.51. The van der Waals surface area contributed by atoms with Gasteiger partial charge in [0.05, 0.1) is 0 Å². The first-order valence-corrected chi connectivity index (χ1v) is 8.74. The summed E-state index contributed by atoms with van der Waals surface area (Å²) in [6.07, 6.45) is 8.17. The van der Waals surface area contributed by atoms with Crippen molar-refractivity contribution in [2.75, 3.05) is 13.1 Å². The largest absolute Gasteiger partial charge is 0.330 e. The maximum atomic E-state index is 6.03. The molecule has 0 amide bonds. The second-order valence-electron chi connectivity index (χ2n) is 8.89. The van der Waals surface area contributed by atoms with Gasteiger partial charge in [-0.3, -0.25) is 4.90 Å². The van der Waals surface area contributed by atoms with Gasteiger partial charge in [0, 0.05) is 12.1 Å². The Bertz CT molecular complexity index is 305. The van der Waals surface area contributed by atoms with Crippen LogP contribution in [0.15, 0.2) is 0 Å². The van der Waals surface area contributed by atoms with Crippen molar-refractivity contribution in [1.82, 2.24) is 4.90 Å². The Morgan fingerprint density at radius 2 is 1.65 bits per heavy atom. The van der Waals surface area contributed by atoms with E-state index < -0.39 is 0 Å². The molecule has 2 unspecified atom stereocenters. The quantitative estimate of drug-likeness (QED) is 0.842. The van der Waals surface area contributed by atoms with E-state index in [0.717, 1.165) is 24.5 Å². The minimum absolute atomic E-state index is 0.483. The number of rotatable bonds is 4. The number of hydrogen-bond donors (Lipinski definition) is 1. The number of hydrogen-bond acceptors (Lipinski definition) is 2. The van der Waals surface area contributed by atoms with Crippen LogP contribution in [0.1, 0.15) is 73.1 Å². The molecule has 2 atom stereocenters. The minimum Gasteiger partial charge on any atom is -0.330 e. The zero-order valence-corrected chi connectivity index (χ0v) is 14.4. The third-order valence-corrected chi connectivity index (χ3v) is 5.72. The van der Waals surface area contributed by atoms with Crippen LogP contribution >= 0.6 is 0 Å². The molecule has 0 saturated heterocycles. The van der Waals surface area contributed by atoms with Gasteiger partial charge < -0.3 is 5.73 Å². The minimum atomic E-state index is 0.483. The van der Waals surface area contributed by atoms with E-state index in [-0.39, 0.29) is 0 Å². The highest BCUT2D eigenvalue weighted by Crippen LogP contribution is 2.48. The van der Waals surface area contributed by atoms with Gasteiger partial charge in [0.15, 0.2) is 0 Å². The second-order valence-corrected chi connectivity index (χ2v) is 8.89. The summed E-state index contributed by atoms with van der Waals surface area (Å²) in [4.78, 5) is 2.83. The van der Waals surface area contributed by atoms with E-state index in [1.165, 1.54) is 45.1 Å². The van der Waals surface area contributed by atoms with Gasteiger partial charge in [0.25, 0.3) is 0 Å². The van der Waals surface area contributed by atoms with Crippen LogP contribution in [0, 0.1) is 16.7 Å². The summed E-state index contributed by atoms with van der Waals surface area (Å²) in [5, 5.41) is 0. The van der Waals surface area contributed by atoms with Crippen LogP contribution in [-0.2, 0) is 0 Å². The third-order valence-electron chi connectivity index (χ3n) is 5.72. The first-order chi connectivity index (χ1) is 9.28. The van der Waals surface area contributed by atoms with Crippen molar-refractivity contribution in [3.05, 3.63) is 0 Å². The molecule has 2 N–H and O–H groups in total. The summed E-state index contributed by atoms with van der Waals surface area (Å²) in [5.41, 5.74) is 6.99. The summed E-state index contributed by atoms with van der Waals surface area (Å²) < 4.78 is 0. The Labute approximate surface area is 126 Å². The van der Waals surface area contributed by atoms with Gasteiger partial charge in [-0.2, -0.15) is 0 Å². The molecular formula is C18H36N2. The van der Waals surface area contributed by atoms with Gasteiger partial charge in [0.2, 0.25) is 0 Å². The fourth-order valence-electron chi connectivity index (χ4n) is 5.51. The smallest absolute Gasteiger partial charge is 0.0138 e. The van der Waals surface area contributed by atoms with Gasteiger partial charge in [-0.15, -0.1) is 0 Å². The molecule has 0 radical (unpaired) electrons. The van der Waals surface area contributed by atoms with Crippen LogP contribution in [0.5, 0.6) is 0 Å². The SMILES string of the molecule is CCN(C1CC(C)(C)CC(C)(C)C1)C1CCCC1CN. The van der Waals surface area contributed by atoms with Gasteiger partial charge >= 0.3 is 0 Å². The fourth-order valence-corrected chi connectivity index (χ4v) is 5.51. The Hall–Kier alpha value is -0.0800. The van der Waals surface area contributed by atoms with Crippen LogP contribution < -0.4 is 5.73 Å². The molecule has 0 spiro atoms.